The second-order valence-electron chi connectivity index (χ2n) is 4.18. The van der Waals surface area contributed by atoms with Crippen molar-refractivity contribution in [1.82, 2.24) is 5.32 Å². The number of nitrogens with one attached hydrogen (secondary N) is 2. The summed E-state index contributed by atoms with van der Waals surface area (Å²) in [6, 6.07) is 7.93. The molecule has 1 fully saturated rings. The van der Waals surface area contributed by atoms with Crippen LogP contribution in [0.15, 0.2) is 24.3 Å². The van der Waals surface area contributed by atoms with E-state index < -0.39 is 0 Å². The largest absolute Gasteiger partial charge is 0.366 e. The summed E-state index contributed by atoms with van der Waals surface area (Å²) in [4.78, 5) is 11.9. The Bertz CT molecular complexity index is 394. The van der Waals surface area contributed by atoms with Gasteiger partial charge in [-0.3, -0.25) is 4.79 Å². The first-order chi connectivity index (χ1) is 8.79. The second-order valence-corrected chi connectivity index (χ2v) is 5.05. The molecule has 1 unspecified atom stereocenters. The summed E-state index contributed by atoms with van der Waals surface area (Å²) in [5.41, 5.74) is 2.08. The SMILES string of the molecule is CSCc1ccc(NC(=O)C2CNCCO2)cc1.Cl. The highest BCUT2D eigenvalue weighted by molar-refractivity contribution is 7.97. The van der Waals surface area contributed by atoms with Crippen molar-refractivity contribution < 1.29 is 9.53 Å². The number of rotatable bonds is 4. The molecule has 1 aliphatic heterocycles. The fourth-order valence-corrected chi connectivity index (χ4v) is 2.33. The molecule has 1 saturated heterocycles. The van der Waals surface area contributed by atoms with Crippen LogP contribution in [0.4, 0.5) is 5.69 Å². The first-order valence-corrected chi connectivity index (χ1v) is 7.40. The Hall–Kier alpha value is -0.750. The van der Waals surface area contributed by atoms with Gasteiger partial charge in [-0.2, -0.15) is 11.8 Å². The van der Waals surface area contributed by atoms with E-state index in [-0.39, 0.29) is 24.4 Å². The molecule has 106 valence electrons. The minimum absolute atomic E-state index is 0. The molecule has 0 spiro atoms. The third-order valence-electron chi connectivity index (χ3n) is 2.75. The molecule has 2 rings (SSSR count). The van der Waals surface area contributed by atoms with Gasteiger partial charge in [-0.05, 0) is 24.0 Å². The monoisotopic (exact) mass is 302 g/mol. The highest BCUT2D eigenvalue weighted by atomic mass is 35.5. The quantitative estimate of drug-likeness (QED) is 0.892. The van der Waals surface area contributed by atoms with Gasteiger partial charge in [0, 0.05) is 24.5 Å². The van der Waals surface area contributed by atoms with Crippen LogP contribution in [0.2, 0.25) is 0 Å². The minimum atomic E-state index is -0.385. The number of amides is 1. The van der Waals surface area contributed by atoms with Gasteiger partial charge in [-0.1, -0.05) is 12.1 Å². The fourth-order valence-electron chi connectivity index (χ4n) is 1.81. The number of carbonyl (C=O) groups excluding carboxylic acids is 1. The van der Waals surface area contributed by atoms with Crippen molar-refractivity contribution in [2.45, 2.75) is 11.9 Å². The highest BCUT2D eigenvalue weighted by Crippen LogP contribution is 2.14. The van der Waals surface area contributed by atoms with Gasteiger partial charge in [0.1, 0.15) is 6.10 Å². The van der Waals surface area contributed by atoms with Gasteiger partial charge < -0.3 is 15.4 Å². The molecule has 1 aromatic carbocycles. The zero-order valence-electron chi connectivity index (χ0n) is 10.8. The average Bonchev–Trinajstić information content (AvgIpc) is 2.42. The van der Waals surface area contributed by atoms with Gasteiger partial charge in [0.25, 0.3) is 5.91 Å². The third-order valence-corrected chi connectivity index (χ3v) is 3.37. The summed E-state index contributed by atoms with van der Waals surface area (Å²) in [5.74, 6) is 0.906. The standard InChI is InChI=1S/C13H18N2O2S.ClH/c1-18-9-10-2-4-11(5-3-10)15-13(16)12-8-14-6-7-17-12;/h2-5,12,14H,6-9H2,1H3,(H,15,16);1H. The molecule has 1 amide bonds. The van der Waals surface area contributed by atoms with E-state index in [2.05, 4.69) is 16.9 Å². The maximum atomic E-state index is 11.9. The summed E-state index contributed by atoms with van der Waals surface area (Å²) in [6.45, 7) is 1.98. The highest BCUT2D eigenvalue weighted by Gasteiger charge is 2.21. The van der Waals surface area contributed by atoms with E-state index in [0.29, 0.717) is 13.2 Å². The Morgan fingerprint density at radius 2 is 2.21 bits per heavy atom. The Kier molecular flexibility index (Phi) is 7.23. The Morgan fingerprint density at radius 3 is 2.79 bits per heavy atom. The number of benzene rings is 1. The van der Waals surface area contributed by atoms with E-state index in [4.69, 9.17) is 4.74 Å². The van der Waals surface area contributed by atoms with Gasteiger partial charge in [0.2, 0.25) is 0 Å². The van der Waals surface area contributed by atoms with Crippen LogP contribution in [-0.4, -0.2) is 38.0 Å². The summed E-state index contributed by atoms with van der Waals surface area (Å²) < 4.78 is 5.40. The van der Waals surface area contributed by atoms with Crippen LogP contribution in [0.25, 0.3) is 0 Å². The van der Waals surface area contributed by atoms with Gasteiger partial charge >= 0.3 is 0 Å². The molecule has 19 heavy (non-hydrogen) atoms. The molecular formula is C13H19ClN2O2S. The molecule has 0 bridgehead atoms. The van der Waals surface area contributed by atoms with Crippen molar-refractivity contribution in [2.24, 2.45) is 0 Å². The molecule has 0 aromatic heterocycles. The lowest BCUT2D eigenvalue weighted by atomic mass is 10.2. The predicted octanol–water partition coefficient (Wildman–Crippen LogP) is 1.90. The second kappa shape index (κ2) is 8.43. The number of thioether (sulfide) groups is 1. The van der Waals surface area contributed by atoms with Crippen molar-refractivity contribution >= 4 is 35.8 Å². The van der Waals surface area contributed by atoms with E-state index in [1.165, 1.54) is 5.56 Å². The Morgan fingerprint density at radius 1 is 1.47 bits per heavy atom. The molecule has 1 atom stereocenters. The zero-order valence-corrected chi connectivity index (χ0v) is 12.5. The van der Waals surface area contributed by atoms with Crippen LogP contribution < -0.4 is 10.6 Å². The third kappa shape index (κ3) is 5.03. The molecule has 2 N–H and O–H groups in total. The number of anilines is 1. The van der Waals surface area contributed by atoms with Gasteiger partial charge in [-0.15, -0.1) is 12.4 Å². The number of hydrogen-bond acceptors (Lipinski definition) is 4. The van der Waals surface area contributed by atoms with Crippen molar-refractivity contribution in [3.8, 4) is 0 Å². The molecule has 1 heterocycles. The van der Waals surface area contributed by atoms with E-state index in [9.17, 15) is 4.79 Å². The minimum Gasteiger partial charge on any atom is -0.366 e. The number of hydrogen-bond donors (Lipinski definition) is 2. The summed E-state index contributed by atoms with van der Waals surface area (Å²) in [5, 5.41) is 6.01. The Labute approximate surface area is 124 Å². The molecule has 1 aliphatic rings. The summed E-state index contributed by atoms with van der Waals surface area (Å²) >= 11 is 1.78. The van der Waals surface area contributed by atoms with E-state index in [1.807, 2.05) is 24.3 Å². The molecule has 0 saturated carbocycles. The van der Waals surface area contributed by atoms with Crippen molar-refractivity contribution in [3.63, 3.8) is 0 Å². The lowest BCUT2D eigenvalue weighted by molar-refractivity contribution is -0.128. The first kappa shape index (κ1) is 16.3. The predicted molar refractivity (Wildman–Crippen MR) is 82.1 cm³/mol. The molecule has 1 aromatic rings. The number of carbonyl (C=O) groups is 1. The lowest BCUT2D eigenvalue weighted by Gasteiger charge is -2.22. The maximum Gasteiger partial charge on any atom is 0.254 e. The fraction of sp³-hybridized carbons (Fsp3) is 0.462. The van der Waals surface area contributed by atoms with Crippen molar-refractivity contribution in [2.75, 3.05) is 31.3 Å². The lowest BCUT2D eigenvalue weighted by Crippen LogP contribution is -2.45. The van der Waals surface area contributed by atoms with Gasteiger partial charge in [0.15, 0.2) is 0 Å². The van der Waals surface area contributed by atoms with Crippen LogP contribution >= 0.6 is 24.2 Å². The average molecular weight is 303 g/mol. The van der Waals surface area contributed by atoms with Gasteiger partial charge in [0.05, 0.1) is 6.61 Å². The summed E-state index contributed by atoms with van der Waals surface area (Å²) in [7, 11) is 0. The maximum absolute atomic E-state index is 11.9. The van der Waals surface area contributed by atoms with Crippen molar-refractivity contribution in [1.29, 1.82) is 0 Å². The van der Waals surface area contributed by atoms with E-state index in [0.717, 1.165) is 18.0 Å². The topological polar surface area (TPSA) is 50.4 Å². The molecule has 6 heteroatoms. The van der Waals surface area contributed by atoms with Crippen molar-refractivity contribution in [3.05, 3.63) is 29.8 Å². The molecule has 0 aliphatic carbocycles. The molecule has 4 nitrogen and oxygen atoms in total. The normalized spacial score (nSPS) is 18.5. The summed E-state index contributed by atoms with van der Waals surface area (Å²) in [6.07, 6.45) is 1.69. The van der Waals surface area contributed by atoms with E-state index >= 15 is 0 Å². The van der Waals surface area contributed by atoms with E-state index in [1.54, 1.807) is 11.8 Å². The van der Waals surface area contributed by atoms with Crippen LogP contribution in [0.5, 0.6) is 0 Å². The first-order valence-electron chi connectivity index (χ1n) is 6.00. The zero-order chi connectivity index (χ0) is 12.8. The van der Waals surface area contributed by atoms with Crippen LogP contribution in [0, 0.1) is 0 Å². The van der Waals surface area contributed by atoms with Crippen LogP contribution in [0.3, 0.4) is 0 Å². The molecular weight excluding hydrogens is 284 g/mol. The smallest absolute Gasteiger partial charge is 0.254 e. The van der Waals surface area contributed by atoms with Gasteiger partial charge in [-0.25, -0.2) is 0 Å². The number of morpholine rings is 1. The van der Waals surface area contributed by atoms with Crippen LogP contribution in [-0.2, 0) is 15.3 Å². The Balaban J connectivity index is 0.00000180. The number of ether oxygens (including phenoxy) is 1. The molecule has 0 radical (unpaired) electrons. The van der Waals surface area contributed by atoms with Crippen LogP contribution in [0.1, 0.15) is 5.56 Å². The number of halogens is 1.